The van der Waals surface area contributed by atoms with Gasteiger partial charge in [0.15, 0.2) is 6.61 Å². The molecule has 32 heavy (non-hydrogen) atoms. The van der Waals surface area contributed by atoms with E-state index in [0.717, 1.165) is 28.1 Å². The van der Waals surface area contributed by atoms with Gasteiger partial charge in [0.1, 0.15) is 5.75 Å². The van der Waals surface area contributed by atoms with Gasteiger partial charge in [0, 0.05) is 22.2 Å². The van der Waals surface area contributed by atoms with Crippen molar-refractivity contribution >= 4 is 34.3 Å². The molecule has 6 nitrogen and oxygen atoms in total. The van der Waals surface area contributed by atoms with Crippen LogP contribution < -0.4 is 15.5 Å². The van der Waals surface area contributed by atoms with E-state index in [0.29, 0.717) is 10.9 Å². The lowest BCUT2D eigenvalue weighted by molar-refractivity contribution is -0.118. The van der Waals surface area contributed by atoms with Crippen LogP contribution in [0.15, 0.2) is 89.3 Å². The molecular formula is C25H22N4O2S. The number of aromatic nitrogens is 1. The predicted molar refractivity (Wildman–Crippen MR) is 131 cm³/mol. The van der Waals surface area contributed by atoms with Crippen LogP contribution in [0.3, 0.4) is 0 Å². The average Bonchev–Trinajstić information content (AvgIpc) is 3.29. The number of anilines is 2. The molecule has 7 heteroatoms. The molecule has 0 atom stereocenters. The smallest absolute Gasteiger partial charge is 0.262 e. The fourth-order valence-electron chi connectivity index (χ4n) is 2.98. The zero-order valence-corrected chi connectivity index (χ0v) is 18.3. The molecule has 0 radical (unpaired) electrons. The van der Waals surface area contributed by atoms with Crippen molar-refractivity contribution in [1.29, 1.82) is 0 Å². The number of carbonyl (C=O) groups is 1. The minimum atomic E-state index is -0.222. The maximum absolute atomic E-state index is 12.3. The van der Waals surface area contributed by atoms with Gasteiger partial charge in [-0.1, -0.05) is 60.7 Å². The van der Waals surface area contributed by atoms with Crippen molar-refractivity contribution in [3.63, 3.8) is 0 Å². The number of amides is 1. The molecule has 0 aliphatic rings. The Kier molecular flexibility index (Phi) is 6.89. The van der Waals surface area contributed by atoms with Gasteiger partial charge in [-0.2, -0.15) is 5.10 Å². The van der Waals surface area contributed by atoms with Crippen LogP contribution in [0.4, 0.5) is 10.8 Å². The zero-order valence-electron chi connectivity index (χ0n) is 17.5. The number of hydrazone groups is 1. The number of hydrogen-bond acceptors (Lipinski definition) is 6. The summed E-state index contributed by atoms with van der Waals surface area (Å²) in [4.78, 5) is 16.8. The largest absolute Gasteiger partial charge is 0.483 e. The van der Waals surface area contributed by atoms with Gasteiger partial charge in [0.2, 0.25) is 5.13 Å². The second-order valence-corrected chi connectivity index (χ2v) is 7.82. The van der Waals surface area contributed by atoms with Gasteiger partial charge in [0.25, 0.3) is 5.91 Å². The Labute approximate surface area is 190 Å². The lowest BCUT2D eigenvalue weighted by Gasteiger charge is -2.10. The first-order valence-corrected chi connectivity index (χ1v) is 10.9. The first-order chi connectivity index (χ1) is 15.7. The number of benzene rings is 3. The quantitative estimate of drug-likeness (QED) is 0.276. The summed E-state index contributed by atoms with van der Waals surface area (Å²) in [6.45, 7) is 1.85. The van der Waals surface area contributed by atoms with Gasteiger partial charge in [-0.3, -0.25) is 10.2 Å². The summed E-state index contributed by atoms with van der Waals surface area (Å²) < 4.78 is 5.73. The van der Waals surface area contributed by atoms with E-state index in [2.05, 4.69) is 20.8 Å². The summed E-state index contributed by atoms with van der Waals surface area (Å²) in [5.74, 6) is 0.350. The molecular weight excluding hydrogens is 420 g/mol. The fourth-order valence-corrected chi connectivity index (χ4v) is 3.65. The Morgan fingerprint density at radius 2 is 1.78 bits per heavy atom. The maximum Gasteiger partial charge on any atom is 0.262 e. The molecule has 0 spiro atoms. The summed E-state index contributed by atoms with van der Waals surface area (Å²) >= 11 is 1.48. The van der Waals surface area contributed by atoms with Gasteiger partial charge in [0.05, 0.1) is 11.9 Å². The molecule has 0 fully saturated rings. The number of hydrogen-bond donors (Lipinski definition) is 2. The minimum Gasteiger partial charge on any atom is -0.483 e. The predicted octanol–water partition coefficient (Wildman–Crippen LogP) is 5.58. The van der Waals surface area contributed by atoms with Crippen LogP contribution in [0, 0.1) is 6.92 Å². The summed E-state index contributed by atoms with van der Waals surface area (Å²) in [5.41, 5.74) is 7.44. The molecule has 3 aromatic carbocycles. The molecule has 1 amide bonds. The normalized spacial score (nSPS) is 10.8. The van der Waals surface area contributed by atoms with Crippen molar-refractivity contribution in [3.8, 4) is 17.0 Å². The summed E-state index contributed by atoms with van der Waals surface area (Å²) in [6, 6.07) is 25.0. The lowest BCUT2D eigenvalue weighted by atomic mass is 10.2. The second-order valence-electron chi connectivity index (χ2n) is 6.96. The molecule has 0 aliphatic carbocycles. The first kappa shape index (κ1) is 21.3. The van der Waals surface area contributed by atoms with E-state index >= 15 is 0 Å². The van der Waals surface area contributed by atoms with E-state index in [1.54, 1.807) is 12.3 Å². The van der Waals surface area contributed by atoms with Crippen LogP contribution in [0.2, 0.25) is 0 Å². The zero-order chi connectivity index (χ0) is 22.2. The summed E-state index contributed by atoms with van der Waals surface area (Å²) in [7, 11) is 0. The number of thiazole rings is 1. The minimum absolute atomic E-state index is 0.0977. The third-order valence-corrected chi connectivity index (χ3v) is 5.38. The van der Waals surface area contributed by atoms with Crippen molar-refractivity contribution in [2.45, 2.75) is 6.92 Å². The molecule has 0 aliphatic heterocycles. The highest BCUT2D eigenvalue weighted by molar-refractivity contribution is 7.14. The van der Waals surface area contributed by atoms with Crippen molar-refractivity contribution in [3.05, 3.63) is 95.4 Å². The van der Waals surface area contributed by atoms with Crippen molar-refractivity contribution in [2.24, 2.45) is 5.10 Å². The molecule has 1 aromatic heterocycles. The Hall–Kier alpha value is -3.97. The van der Waals surface area contributed by atoms with E-state index in [4.69, 9.17) is 4.74 Å². The first-order valence-electron chi connectivity index (χ1n) is 10.1. The highest BCUT2D eigenvalue weighted by atomic mass is 32.1. The van der Waals surface area contributed by atoms with Gasteiger partial charge < -0.3 is 10.1 Å². The van der Waals surface area contributed by atoms with E-state index < -0.39 is 0 Å². The van der Waals surface area contributed by atoms with Gasteiger partial charge in [-0.05, 0) is 30.7 Å². The van der Waals surface area contributed by atoms with Gasteiger partial charge in [-0.25, -0.2) is 4.98 Å². The average molecular weight is 443 g/mol. The number of aryl methyl sites for hydroxylation is 1. The highest BCUT2D eigenvalue weighted by Crippen LogP contribution is 2.24. The van der Waals surface area contributed by atoms with Crippen LogP contribution in [0.5, 0.6) is 5.75 Å². The molecule has 0 unspecified atom stereocenters. The Morgan fingerprint density at radius 3 is 2.62 bits per heavy atom. The molecule has 0 saturated heterocycles. The summed E-state index contributed by atoms with van der Waals surface area (Å²) in [5, 5.41) is 9.82. The van der Waals surface area contributed by atoms with E-state index in [1.807, 2.05) is 85.1 Å². The van der Waals surface area contributed by atoms with Crippen LogP contribution in [-0.2, 0) is 4.79 Å². The number of nitrogens with one attached hydrogen (secondary N) is 2. The maximum atomic E-state index is 12.3. The van der Waals surface area contributed by atoms with E-state index in [-0.39, 0.29) is 12.5 Å². The van der Waals surface area contributed by atoms with Gasteiger partial charge >= 0.3 is 0 Å². The van der Waals surface area contributed by atoms with Crippen LogP contribution in [0.25, 0.3) is 11.3 Å². The standard InChI is InChI=1S/C25H22N4O2S/c1-18-9-5-7-13-21(18)27-24(30)16-31-23-14-8-6-12-20(23)15-26-29-25-28-22(17-32-25)19-10-3-2-4-11-19/h2-15,17H,16H2,1H3,(H,27,30)(H,28,29). The Morgan fingerprint density at radius 1 is 1.03 bits per heavy atom. The van der Waals surface area contributed by atoms with E-state index in [9.17, 15) is 4.79 Å². The molecule has 4 rings (SSSR count). The molecule has 0 saturated carbocycles. The van der Waals surface area contributed by atoms with Gasteiger partial charge in [-0.15, -0.1) is 11.3 Å². The number of rotatable bonds is 8. The van der Waals surface area contributed by atoms with Crippen molar-refractivity contribution in [2.75, 3.05) is 17.3 Å². The number of para-hydroxylation sites is 2. The molecule has 4 aromatic rings. The molecule has 160 valence electrons. The molecule has 2 N–H and O–H groups in total. The third kappa shape index (κ3) is 5.59. The number of ether oxygens (including phenoxy) is 1. The molecule has 1 heterocycles. The second kappa shape index (κ2) is 10.4. The highest BCUT2D eigenvalue weighted by Gasteiger charge is 2.08. The van der Waals surface area contributed by atoms with Crippen molar-refractivity contribution in [1.82, 2.24) is 4.98 Å². The Balaban J connectivity index is 1.35. The summed E-state index contributed by atoms with van der Waals surface area (Å²) in [6.07, 6.45) is 1.65. The van der Waals surface area contributed by atoms with E-state index in [1.165, 1.54) is 11.3 Å². The fraction of sp³-hybridized carbons (Fsp3) is 0.0800. The monoisotopic (exact) mass is 442 g/mol. The van der Waals surface area contributed by atoms with Crippen LogP contribution in [0.1, 0.15) is 11.1 Å². The lowest BCUT2D eigenvalue weighted by Crippen LogP contribution is -2.21. The van der Waals surface area contributed by atoms with Crippen molar-refractivity contribution < 1.29 is 9.53 Å². The van der Waals surface area contributed by atoms with Crippen LogP contribution in [-0.4, -0.2) is 23.7 Å². The van der Waals surface area contributed by atoms with Crippen LogP contribution >= 0.6 is 11.3 Å². The number of carbonyl (C=O) groups excluding carboxylic acids is 1. The number of nitrogens with zero attached hydrogens (tertiary/aromatic N) is 2. The molecule has 0 bridgehead atoms. The topological polar surface area (TPSA) is 75.6 Å². The SMILES string of the molecule is Cc1ccccc1NC(=O)COc1ccccc1C=NNc1nc(-c2ccccc2)cs1. The Bertz CT molecular complexity index is 1220. The third-order valence-electron chi connectivity index (χ3n) is 4.63.